The lowest BCUT2D eigenvalue weighted by Gasteiger charge is -2.08. The molecule has 0 bridgehead atoms. The third kappa shape index (κ3) is 4.55. The topological polar surface area (TPSA) is 110 Å². The lowest BCUT2D eigenvalue weighted by Crippen LogP contribution is -2.14. The number of carbonyl (C=O) groups excluding carboxylic acids is 1. The molecule has 0 heterocycles. The second-order valence-corrected chi connectivity index (χ2v) is 6.15. The van der Waals surface area contributed by atoms with Crippen LogP contribution in [0.25, 0.3) is 0 Å². The van der Waals surface area contributed by atoms with E-state index in [0.717, 1.165) is 0 Å². The number of aliphatic carboxylic acids is 1. The van der Waals surface area contributed by atoms with E-state index in [2.05, 4.69) is 9.46 Å². The summed E-state index contributed by atoms with van der Waals surface area (Å²) in [5.74, 6) is -2.11. The number of carboxylic acids is 1. The fraction of sp³-hybridized carbons (Fsp3) is 0.0667. The van der Waals surface area contributed by atoms with Crippen LogP contribution in [0.2, 0.25) is 0 Å². The number of carbonyl (C=O) groups is 2. The van der Waals surface area contributed by atoms with Crippen LogP contribution < -0.4 is 4.72 Å². The van der Waals surface area contributed by atoms with Gasteiger partial charge in [0.05, 0.1) is 10.5 Å². The standard InChI is InChI=1S/C15H13NO6S/c17-14(18)10-22-15(19)11-6-8-13(9-7-11)23(20,21)16-12-4-2-1-3-5-12/h1-9,16H,10H2,(H,17,18). The van der Waals surface area contributed by atoms with E-state index in [0.29, 0.717) is 5.69 Å². The second kappa shape index (κ2) is 6.93. The highest BCUT2D eigenvalue weighted by atomic mass is 32.2. The number of esters is 1. The van der Waals surface area contributed by atoms with Crippen molar-refractivity contribution in [2.24, 2.45) is 0 Å². The molecule has 0 aromatic heterocycles. The molecule has 0 aliphatic carbocycles. The number of ether oxygens (including phenoxy) is 1. The summed E-state index contributed by atoms with van der Waals surface area (Å²) < 4.78 is 31.3. The van der Waals surface area contributed by atoms with E-state index >= 15 is 0 Å². The maximum Gasteiger partial charge on any atom is 0.341 e. The molecular formula is C15H13NO6S. The Bertz CT molecular complexity index is 800. The number of rotatable bonds is 6. The molecule has 2 rings (SSSR count). The molecule has 0 atom stereocenters. The zero-order valence-electron chi connectivity index (χ0n) is 11.8. The summed E-state index contributed by atoms with van der Waals surface area (Å²) in [4.78, 5) is 21.8. The molecule has 0 amide bonds. The summed E-state index contributed by atoms with van der Waals surface area (Å²) >= 11 is 0. The van der Waals surface area contributed by atoms with Crippen molar-refractivity contribution in [1.82, 2.24) is 0 Å². The molecule has 0 saturated heterocycles. The van der Waals surface area contributed by atoms with E-state index in [-0.39, 0.29) is 10.5 Å². The maximum absolute atomic E-state index is 12.2. The molecule has 0 saturated carbocycles. The molecule has 2 aromatic rings. The zero-order valence-corrected chi connectivity index (χ0v) is 12.6. The van der Waals surface area contributed by atoms with Gasteiger partial charge >= 0.3 is 11.9 Å². The highest BCUT2D eigenvalue weighted by Crippen LogP contribution is 2.16. The molecule has 0 aliphatic rings. The van der Waals surface area contributed by atoms with Gasteiger partial charge in [0.1, 0.15) is 0 Å². The van der Waals surface area contributed by atoms with Gasteiger partial charge in [0, 0.05) is 5.69 Å². The zero-order chi connectivity index (χ0) is 16.9. The van der Waals surface area contributed by atoms with E-state index in [1.165, 1.54) is 24.3 Å². The fourth-order valence-corrected chi connectivity index (χ4v) is 2.76. The van der Waals surface area contributed by atoms with Gasteiger partial charge in [-0.05, 0) is 36.4 Å². The van der Waals surface area contributed by atoms with Crippen molar-refractivity contribution in [3.63, 3.8) is 0 Å². The van der Waals surface area contributed by atoms with Gasteiger partial charge < -0.3 is 9.84 Å². The van der Waals surface area contributed by atoms with Gasteiger partial charge in [-0.3, -0.25) is 4.72 Å². The van der Waals surface area contributed by atoms with Crippen LogP contribution in [0, 0.1) is 0 Å². The molecule has 0 unspecified atom stereocenters. The van der Waals surface area contributed by atoms with Gasteiger partial charge in [-0.2, -0.15) is 0 Å². The number of hydrogen-bond acceptors (Lipinski definition) is 5. The smallest absolute Gasteiger partial charge is 0.341 e. The van der Waals surface area contributed by atoms with Gasteiger partial charge in [0.2, 0.25) is 0 Å². The second-order valence-electron chi connectivity index (χ2n) is 4.47. The van der Waals surface area contributed by atoms with E-state index in [1.54, 1.807) is 30.3 Å². The molecule has 8 heteroatoms. The molecule has 0 radical (unpaired) electrons. The molecule has 0 aliphatic heterocycles. The average molecular weight is 335 g/mol. The molecule has 23 heavy (non-hydrogen) atoms. The Morgan fingerprint density at radius 1 is 1.00 bits per heavy atom. The lowest BCUT2D eigenvalue weighted by atomic mass is 10.2. The maximum atomic E-state index is 12.2. The van der Waals surface area contributed by atoms with Gasteiger partial charge in [0.15, 0.2) is 6.61 Å². The summed E-state index contributed by atoms with van der Waals surface area (Å²) in [6, 6.07) is 13.3. The van der Waals surface area contributed by atoms with Crippen LogP contribution in [0.5, 0.6) is 0 Å². The summed E-state index contributed by atoms with van der Waals surface area (Å²) in [6.45, 7) is -0.756. The van der Waals surface area contributed by atoms with Crippen molar-refractivity contribution in [3.8, 4) is 0 Å². The Hall–Kier alpha value is -2.87. The Labute approximate surface area is 132 Å². The summed E-state index contributed by atoms with van der Waals surface area (Å²) in [5.41, 5.74) is 0.474. The van der Waals surface area contributed by atoms with E-state index < -0.39 is 28.6 Å². The fourth-order valence-electron chi connectivity index (χ4n) is 1.70. The number of nitrogens with one attached hydrogen (secondary N) is 1. The SMILES string of the molecule is O=C(O)COC(=O)c1ccc(S(=O)(=O)Nc2ccccc2)cc1. The molecule has 120 valence electrons. The first-order valence-electron chi connectivity index (χ1n) is 6.45. The van der Waals surface area contributed by atoms with Crippen LogP contribution in [0.3, 0.4) is 0 Å². The highest BCUT2D eigenvalue weighted by Gasteiger charge is 2.16. The van der Waals surface area contributed by atoms with Crippen LogP contribution in [-0.4, -0.2) is 32.1 Å². The Kier molecular flexibility index (Phi) is 4.97. The Morgan fingerprint density at radius 3 is 2.17 bits per heavy atom. The van der Waals surface area contributed by atoms with Crippen LogP contribution >= 0.6 is 0 Å². The largest absolute Gasteiger partial charge is 0.479 e. The van der Waals surface area contributed by atoms with Crippen molar-refractivity contribution < 1.29 is 27.9 Å². The monoisotopic (exact) mass is 335 g/mol. The predicted molar refractivity (Wildman–Crippen MR) is 81.6 cm³/mol. The molecular weight excluding hydrogens is 322 g/mol. The van der Waals surface area contributed by atoms with Crippen LogP contribution in [0.4, 0.5) is 5.69 Å². The number of hydrogen-bond donors (Lipinski definition) is 2. The van der Waals surface area contributed by atoms with Gasteiger partial charge in [0.25, 0.3) is 10.0 Å². The third-order valence-electron chi connectivity index (χ3n) is 2.75. The van der Waals surface area contributed by atoms with Gasteiger partial charge in [-0.15, -0.1) is 0 Å². The quantitative estimate of drug-likeness (QED) is 0.778. The molecule has 2 aromatic carbocycles. The van der Waals surface area contributed by atoms with Crippen molar-refractivity contribution >= 4 is 27.6 Å². The third-order valence-corrected chi connectivity index (χ3v) is 4.15. The Balaban J connectivity index is 2.12. The average Bonchev–Trinajstić information content (AvgIpc) is 2.53. The van der Waals surface area contributed by atoms with Crippen molar-refractivity contribution in [3.05, 3.63) is 60.2 Å². The summed E-state index contributed by atoms with van der Waals surface area (Å²) in [6.07, 6.45) is 0. The van der Waals surface area contributed by atoms with E-state index in [4.69, 9.17) is 5.11 Å². The van der Waals surface area contributed by atoms with E-state index in [1.807, 2.05) is 0 Å². The summed E-state index contributed by atoms with van der Waals surface area (Å²) in [7, 11) is -3.78. The molecule has 0 spiro atoms. The minimum Gasteiger partial charge on any atom is -0.479 e. The van der Waals surface area contributed by atoms with Crippen LogP contribution in [0.15, 0.2) is 59.5 Å². The van der Waals surface area contributed by atoms with Crippen molar-refractivity contribution in [2.45, 2.75) is 4.90 Å². The van der Waals surface area contributed by atoms with Gasteiger partial charge in [-0.1, -0.05) is 18.2 Å². The first-order chi connectivity index (χ1) is 10.9. The minimum atomic E-state index is -3.78. The molecule has 0 fully saturated rings. The summed E-state index contributed by atoms with van der Waals surface area (Å²) in [5, 5.41) is 8.44. The molecule has 2 N–H and O–H groups in total. The molecule has 7 nitrogen and oxygen atoms in total. The van der Waals surface area contributed by atoms with Crippen molar-refractivity contribution in [2.75, 3.05) is 11.3 Å². The predicted octanol–water partition coefficient (Wildman–Crippen LogP) is 1.73. The van der Waals surface area contributed by atoms with Crippen LogP contribution in [-0.2, 0) is 19.6 Å². The van der Waals surface area contributed by atoms with E-state index in [9.17, 15) is 18.0 Å². The Morgan fingerprint density at radius 2 is 1.61 bits per heavy atom. The lowest BCUT2D eigenvalue weighted by molar-refractivity contribution is -0.140. The highest BCUT2D eigenvalue weighted by molar-refractivity contribution is 7.92. The number of para-hydroxylation sites is 1. The minimum absolute atomic E-state index is 0.0314. The number of carboxylic acid groups (broad SMARTS) is 1. The van der Waals surface area contributed by atoms with Crippen molar-refractivity contribution in [1.29, 1.82) is 0 Å². The van der Waals surface area contributed by atoms with Gasteiger partial charge in [-0.25, -0.2) is 18.0 Å². The normalized spacial score (nSPS) is 10.8. The first-order valence-corrected chi connectivity index (χ1v) is 7.94. The number of benzene rings is 2. The number of anilines is 1. The number of sulfonamides is 1. The first kappa shape index (κ1) is 16.5. The van der Waals surface area contributed by atoms with Crippen LogP contribution in [0.1, 0.15) is 10.4 Å².